The molecule has 3 N–H and O–H groups in total. The van der Waals surface area contributed by atoms with Gasteiger partial charge in [0.05, 0.1) is 26.4 Å². The third kappa shape index (κ3) is 76.7. The smallest absolute Gasteiger partial charge is 0.462 e. The predicted molar refractivity (Wildman–Crippen MR) is 446 cm³/mol. The Morgan fingerprint density at radius 2 is 0.417 bits per heavy atom. The molecule has 6 unspecified atom stereocenters. The van der Waals surface area contributed by atoms with Crippen molar-refractivity contribution in [2.24, 2.45) is 23.7 Å². The van der Waals surface area contributed by atoms with E-state index in [1.165, 1.54) is 263 Å². The summed E-state index contributed by atoms with van der Waals surface area (Å²) in [5.41, 5.74) is 0. The standard InChI is InChI=1S/C89H174O17P2/c1-9-79(5)65-57-49-41-35-29-23-17-15-13-14-16-18-27-33-39-45-55-63-71-88(93)105-84(75-99-86(91)69-61-53-44-38-32-26-21-19-24-30-36-42-50-58-66-80(6)10-2)77-103-107(95,96)101-73-83(90)74-102-108(97,98)104-78-85(76-100-87(92)70-62-54-48-47-52-60-68-82(8)12-4)106-89(94)72-64-56-46-40-34-28-22-20-25-31-37-43-51-59-67-81(7)11-3/h79-85,90H,9-78H2,1-8H3,(H,95,96)(H,97,98)/t79?,80?,81?,82?,83-,84-,85-/m1/s1. The Balaban J connectivity index is 5.24. The lowest BCUT2D eigenvalue weighted by Crippen LogP contribution is -2.30. The summed E-state index contributed by atoms with van der Waals surface area (Å²) in [5, 5.41) is 10.7. The van der Waals surface area contributed by atoms with Crippen LogP contribution in [-0.2, 0) is 65.4 Å². The van der Waals surface area contributed by atoms with E-state index in [9.17, 15) is 43.2 Å². The topological polar surface area (TPSA) is 237 Å². The quantitative estimate of drug-likeness (QED) is 0.0222. The highest BCUT2D eigenvalue weighted by Crippen LogP contribution is 2.45. The Labute approximate surface area is 664 Å². The van der Waals surface area contributed by atoms with Crippen LogP contribution in [0.1, 0.15) is 466 Å². The highest BCUT2D eigenvalue weighted by atomic mass is 31.2. The van der Waals surface area contributed by atoms with E-state index in [1.807, 2.05) is 0 Å². The molecule has 0 amide bonds. The van der Waals surface area contributed by atoms with Crippen LogP contribution in [0, 0.1) is 23.7 Å². The zero-order chi connectivity index (χ0) is 79.5. The second kappa shape index (κ2) is 77.6. The van der Waals surface area contributed by atoms with Crippen LogP contribution < -0.4 is 0 Å². The van der Waals surface area contributed by atoms with Crippen molar-refractivity contribution in [1.82, 2.24) is 0 Å². The predicted octanol–water partition coefficient (Wildman–Crippen LogP) is 27.1. The molecule has 17 nitrogen and oxygen atoms in total. The first-order valence-electron chi connectivity index (χ1n) is 45.9. The van der Waals surface area contributed by atoms with Crippen LogP contribution in [0.25, 0.3) is 0 Å². The van der Waals surface area contributed by atoms with Crippen molar-refractivity contribution in [3.63, 3.8) is 0 Å². The summed E-state index contributed by atoms with van der Waals surface area (Å²) in [6, 6.07) is 0. The lowest BCUT2D eigenvalue weighted by Gasteiger charge is -2.21. The van der Waals surface area contributed by atoms with E-state index < -0.39 is 97.5 Å². The van der Waals surface area contributed by atoms with Gasteiger partial charge in [0.2, 0.25) is 0 Å². The van der Waals surface area contributed by atoms with Crippen molar-refractivity contribution >= 4 is 39.5 Å². The van der Waals surface area contributed by atoms with Gasteiger partial charge in [0.1, 0.15) is 19.3 Å². The zero-order valence-corrected chi connectivity index (χ0v) is 73.3. The number of aliphatic hydroxyl groups is 1. The first-order valence-corrected chi connectivity index (χ1v) is 48.8. The van der Waals surface area contributed by atoms with Gasteiger partial charge < -0.3 is 33.8 Å². The van der Waals surface area contributed by atoms with Gasteiger partial charge in [-0.15, -0.1) is 0 Å². The van der Waals surface area contributed by atoms with Crippen LogP contribution in [-0.4, -0.2) is 96.7 Å². The van der Waals surface area contributed by atoms with Gasteiger partial charge in [-0.1, -0.05) is 415 Å². The maximum Gasteiger partial charge on any atom is 0.472 e. The number of ether oxygens (including phenoxy) is 4. The molecular weight excluding hydrogens is 1400 g/mol. The van der Waals surface area contributed by atoms with Crippen molar-refractivity contribution in [1.29, 1.82) is 0 Å². The molecule has 0 aromatic rings. The van der Waals surface area contributed by atoms with Crippen LogP contribution in [0.2, 0.25) is 0 Å². The van der Waals surface area contributed by atoms with Gasteiger partial charge in [-0.05, 0) is 49.4 Å². The molecule has 0 aromatic heterocycles. The summed E-state index contributed by atoms with van der Waals surface area (Å²) in [5.74, 6) is 1.19. The van der Waals surface area contributed by atoms with Gasteiger partial charge in [-0.25, -0.2) is 9.13 Å². The minimum Gasteiger partial charge on any atom is -0.462 e. The summed E-state index contributed by atoms with van der Waals surface area (Å²) in [6.07, 6.45) is 67.9. The fourth-order valence-electron chi connectivity index (χ4n) is 13.7. The average molecular weight is 1580 g/mol. The third-order valence-corrected chi connectivity index (χ3v) is 24.2. The lowest BCUT2D eigenvalue weighted by molar-refractivity contribution is -0.161. The molecule has 0 radical (unpaired) electrons. The molecular formula is C89H174O17P2. The SMILES string of the molecule is CCC(C)CCCCCCCCCCCCCCCCCCCCC(=O)O[C@H](COC(=O)CCCCCCCCCCCCCCCCC(C)CC)COP(=O)(O)OC[C@@H](O)COP(=O)(O)OC[C@@H](COC(=O)CCCCCCCCC(C)CC)OC(=O)CCCCCCCCCCCCCCCCC(C)CC. The van der Waals surface area contributed by atoms with Crippen molar-refractivity contribution in [3.8, 4) is 0 Å². The van der Waals surface area contributed by atoms with Crippen LogP contribution in [0.4, 0.5) is 0 Å². The molecule has 19 heteroatoms. The number of hydrogen-bond acceptors (Lipinski definition) is 15. The number of phosphoric acid groups is 2. The van der Waals surface area contributed by atoms with E-state index in [0.29, 0.717) is 25.7 Å². The van der Waals surface area contributed by atoms with Crippen LogP contribution in [0.15, 0.2) is 0 Å². The first-order chi connectivity index (χ1) is 52.2. The maximum absolute atomic E-state index is 13.2. The minimum absolute atomic E-state index is 0.107. The van der Waals surface area contributed by atoms with E-state index in [4.69, 9.17) is 37.0 Å². The molecule has 0 rings (SSSR count). The highest BCUT2D eigenvalue weighted by Gasteiger charge is 2.31. The van der Waals surface area contributed by atoms with Crippen molar-refractivity contribution < 1.29 is 80.2 Å². The number of carbonyl (C=O) groups is 4. The number of carbonyl (C=O) groups excluding carboxylic acids is 4. The molecule has 0 aliphatic rings. The Hall–Kier alpha value is -1.94. The fraction of sp³-hybridized carbons (Fsp3) is 0.955. The third-order valence-electron chi connectivity index (χ3n) is 22.3. The molecule has 0 bridgehead atoms. The number of rotatable bonds is 86. The Kier molecular flexibility index (Phi) is 76.2. The summed E-state index contributed by atoms with van der Waals surface area (Å²) in [6.45, 7) is 14.4. The average Bonchev–Trinajstić information content (AvgIpc) is 0.899. The van der Waals surface area contributed by atoms with Gasteiger partial charge in [-0.3, -0.25) is 37.3 Å². The summed E-state index contributed by atoms with van der Waals surface area (Å²) in [7, 11) is -9.93. The van der Waals surface area contributed by atoms with Crippen LogP contribution in [0.5, 0.6) is 0 Å². The Bertz CT molecular complexity index is 2100. The molecule has 0 aliphatic carbocycles. The molecule has 0 spiro atoms. The molecule has 0 saturated carbocycles. The zero-order valence-electron chi connectivity index (χ0n) is 71.5. The minimum atomic E-state index is -4.97. The maximum atomic E-state index is 13.2. The van der Waals surface area contributed by atoms with Crippen molar-refractivity contribution in [2.45, 2.75) is 485 Å². The molecule has 9 atom stereocenters. The number of unbranched alkanes of at least 4 members (excludes halogenated alkanes) is 48. The van der Waals surface area contributed by atoms with Gasteiger partial charge in [0.25, 0.3) is 0 Å². The van der Waals surface area contributed by atoms with E-state index in [1.54, 1.807) is 0 Å². The monoisotopic (exact) mass is 1580 g/mol. The Morgan fingerprint density at radius 1 is 0.250 bits per heavy atom. The molecule has 0 aliphatic heterocycles. The number of esters is 4. The van der Waals surface area contributed by atoms with E-state index in [0.717, 1.165) is 120 Å². The van der Waals surface area contributed by atoms with Crippen molar-refractivity contribution in [2.75, 3.05) is 39.6 Å². The van der Waals surface area contributed by atoms with E-state index in [2.05, 4.69) is 55.4 Å². The van der Waals surface area contributed by atoms with Gasteiger partial charge >= 0.3 is 39.5 Å². The van der Waals surface area contributed by atoms with Crippen LogP contribution >= 0.6 is 15.6 Å². The van der Waals surface area contributed by atoms with Gasteiger partial charge in [-0.2, -0.15) is 0 Å². The van der Waals surface area contributed by atoms with E-state index in [-0.39, 0.29) is 25.7 Å². The second-order valence-electron chi connectivity index (χ2n) is 33.0. The molecule has 0 fully saturated rings. The number of phosphoric ester groups is 2. The van der Waals surface area contributed by atoms with Gasteiger partial charge in [0, 0.05) is 25.7 Å². The molecule has 642 valence electrons. The second-order valence-corrected chi connectivity index (χ2v) is 35.9. The van der Waals surface area contributed by atoms with E-state index >= 15 is 0 Å². The van der Waals surface area contributed by atoms with Crippen LogP contribution in [0.3, 0.4) is 0 Å². The highest BCUT2D eigenvalue weighted by molar-refractivity contribution is 7.47. The summed E-state index contributed by atoms with van der Waals surface area (Å²) < 4.78 is 69.0. The molecule has 0 aromatic carbocycles. The molecule has 108 heavy (non-hydrogen) atoms. The fourth-order valence-corrected chi connectivity index (χ4v) is 15.3. The molecule has 0 heterocycles. The van der Waals surface area contributed by atoms with Crippen molar-refractivity contribution in [3.05, 3.63) is 0 Å². The first kappa shape index (κ1) is 106. The summed E-state index contributed by atoms with van der Waals surface area (Å²) in [4.78, 5) is 73.3. The largest absolute Gasteiger partial charge is 0.472 e. The Morgan fingerprint density at radius 3 is 0.611 bits per heavy atom. The number of hydrogen-bond donors (Lipinski definition) is 3. The lowest BCUT2D eigenvalue weighted by atomic mass is 9.99. The normalized spacial score (nSPS) is 14.9. The molecule has 0 saturated heterocycles. The number of aliphatic hydroxyl groups excluding tert-OH is 1. The summed E-state index contributed by atoms with van der Waals surface area (Å²) >= 11 is 0. The van der Waals surface area contributed by atoms with Gasteiger partial charge in [0.15, 0.2) is 12.2 Å².